The third-order valence-corrected chi connectivity index (χ3v) is 5.03. The molecule has 0 unspecified atom stereocenters. The van der Waals surface area contributed by atoms with Gasteiger partial charge in [0.2, 0.25) is 0 Å². The van der Waals surface area contributed by atoms with Crippen molar-refractivity contribution in [1.82, 2.24) is 9.88 Å². The van der Waals surface area contributed by atoms with Crippen molar-refractivity contribution in [2.75, 3.05) is 49.1 Å². The fraction of sp³-hybridized carbons (Fsp3) is 0.429. The van der Waals surface area contributed by atoms with Gasteiger partial charge in [0, 0.05) is 45.0 Å². The second-order valence-corrected chi connectivity index (χ2v) is 6.69. The topological polar surface area (TPSA) is 39.7 Å². The highest BCUT2D eigenvalue weighted by Gasteiger charge is 2.23. The summed E-state index contributed by atoms with van der Waals surface area (Å²) in [6.07, 6.45) is 1.81. The van der Waals surface area contributed by atoms with Crippen LogP contribution in [0, 0.1) is 6.92 Å². The number of pyridine rings is 1. The van der Waals surface area contributed by atoms with Crippen LogP contribution in [-0.2, 0) is 0 Å². The molecule has 138 valence electrons. The van der Waals surface area contributed by atoms with Crippen molar-refractivity contribution in [3.05, 3.63) is 53.9 Å². The number of amides is 1. The minimum absolute atomic E-state index is 0.0278. The smallest absolute Gasteiger partial charge is 0.272 e. The molecule has 0 bridgehead atoms. The molecule has 26 heavy (non-hydrogen) atoms. The van der Waals surface area contributed by atoms with Crippen LogP contribution in [0.2, 0.25) is 0 Å². The first-order chi connectivity index (χ1) is 12.6. The van der Waals surface area contributed by atoms with Gasteiger partial charge in [0.25, 0.3) is 5.91 Å². The van der Waals surface area contributed by atoms with Crippen LogP contribution in [-0.4, -0.2) is 55.1 Å². The SMILES string of the molecule is CCN(CC)c1ccc(C(=O)N2CCN(c3cccc(C)c3)CC2)nc1. The van der Waals surface area contributed by atoms with Gasteiger partial charge in [-0.2, -0.15) is 0 Å². The third-order valence-electron chi connectivity index (χ3n) is 5.03. The first-order valence-corrected chi connectivity index (χ1v) is 9.44. The number of rotatable bonds is 5. The number of aryl methyl sites for hydroxylation is 1. The van der Waals surface area contributed by atoms with E-state index in [0.717, 1.165) is 45.0 Å². The molecule has 1 aliphatic heterocycles. The van der Waals surface area contributed by atoms with Crippen molar-refractivity contribution in [1.29, 1.82) is 0 Å². The Morgan fingerprint density at radius 3 is 2.38 bits per heavy atom. The van der Waals surface area contributed by atoms with Gasteiger partial charge in [-0.05, 0) is 50.6 Å². The van der Waals surface area contributed by atoms with Crippen LogP contribution >= 0.6 is 0 Å². The van der Waals surface area contributed by atoms with Gasteiger partial charge in [-0.15, -0.1) is 0 Å². The predicted molar refractivity (Wildman–Crippen MR) is 107 cm³/mol. The average Bonchev–Trinajstić information content (AvgIpc) is 2.69. The van der Waals surface area contributed by atoms with Crippen LogP contribution < -0.4 is 9.80 Å². The lowest BCUT2D eigenvalue weighted by atomic mass is 10.2. The molecule has 1 aromatic heterocycles. The molecule has 0 N–H and O–H groups in total. The molecule has 1 saturated heterocycles. The Balaban J connectivity index is 1.61. The largest absolute Gasteiger partial charge is 0.371 e. The minimum atomic E-state index is 0.0278. The summed E-state index contributed by atoms with van der Waals surface area (Å²) in [5, 5.41) is 0. The van der Waals surface area contributed by atoms with E-state index in [1.807, 2.05) is 23.2 Å². The molecule has 5 heteroatoms. The fourth-order valence-corrected chi connectivity index (χ4v) is 3.44. The van der Waals surface area contributed by atoms with E-state index < -0.39 is 0 Å². The first kappa shape index (κ1) is 18.2. The van der Waals surface area contributed by atoms with E-state index in [0.29, 0.717) is 5.69 Å². The number of anilines is 2. The summed E-state index contributed by atoms with van der Waals surface area (Å²) in [5.41, 5.74) is 4.10. The van der Waals surface area contributed by atoms with Crippen molar-refractivity contribution in [3.63, 3.8) is 0 Å². The van der Waals surface area contributed by atoms with E-state index in [2.05, 4.69) is 59.8 Å². The zero-order chi connectivity index (χ0) is 18.5. The van der Waals surface area contributed by atoms with Gasteiger partial charge < -0.3 is 14.7 Å². The minimum Gasteiger partial charge on any atom is -0.371 e. The standard InChI is InChI=1S/C21H28N4O/c1-4-23(5-2)19-9-10-20(22-16-19)21(26)25-13-11-24(12-14-25)18-8-6-7-17(3)15-18/h6-10,15-16H,4-5,11-14H2,1-3H3. The summed E-state index contributed by atoms with van der Waals surface area (Å²) in [5.74, 6) is 0.0278. The Morgan fingerprint density at radius 2 is 1.81 bits per heavy atom. The molecule has 1 amide bonds. The molecule has 1 fully saturated rings. The Morgan fingerprint density at radius 1 is 1.08 bits per heavy atom. The monoisotopic (exact) mass is 352 g/mol. The number of piperazine rings is 1. The van der Waals surface area contributed by atoms with Gasteiger partial charge in [0.1, 0.15) is 5.69 Å². The molecule has 5 nitrogen and oxygen atoms in total. The molecule has 1 aliphatic rings. The Labute approximate surface area is 156 Å². The summed E-state index contributed by atoms with van der Waals surface area (Å²) in [7, 11) is 0. The lowest BCUT2D eigenvalue weighted by Crippen LogP contribution is -2.49. The van der Waals surface area contributed by atoms with Crippen LogP contribution in [0.5, 0.6) is 0 Å². The summed E-state index contributed by atoms with van der Waals surface area (Å²) in [4.78, 5) is 23.6. The molecule has 3 rings (SSSR count). The molecule has 0 atom stereocenters. The second-order valence-electron chi connectivity index (χ2n) is 6.69. The summed E-state index contributed by atoms with van der Waals surface area (Å²) >= 11 is 0. The van der Waals surface area contributed by atoms with Gasteiger partial charge in [0.15, 0.2) is 0 Å². The highest BCUT2D eigenvalue weighted by atomic mass is 16.2. The molecule has 0 radical (unpaired) electrons. The van der Waals surface area contributed by atoms with Gasteiger partial charge in [-0.3, -0.25) is 4.79 Å². The predicted octanol–water partition coefficient (Wildman–Crippen LogP) is 3.20. The van der Waals surface area contributed by atoms with Crippen molar-refractivity contribution in [3.8, 4) is 0 Å². The first-order valence-electron chi connectivity index (χ1n) is 9.44. The molecular formula is C21H28N4O. The maximum Gasteiger partial charge on any atom is 0.272 e. The normalized spacial score (nSPS) is 14.4. The maximum atomic E-state index is 12.7. The van der Waals surface area contributed by atoms with Crippen molar-refractivity contribution in [2.45, 2.75) is 20.8 Å². The number of nitrogens with zero attached hydrogens (tertiary/aromatic N) is 4. The van der Waals surface area contributed by atoms with E-state index >= 15 is 0 Å². The molecule has 0 spiro atoms. The summed E-state index contributed by atoms with van der Waals surface area (Å²) in [6.45, 7) is 11.4. The van der Waals surface area contributed by atoms with E-state index in [9.17, 15) is 4.79 Å². The fourth-order valence-electron chi connectivity index (χ4n) is 3.44. The maximum absolute atomic E-state index is 12.7. The second kappa shape index (κ2) is 8.21. The van der Waals surface area contributed by atoms with Crippen LogP contribution in [0.3, 0.4) is 0 Å². The molecular weight excluding hydrogens is 324 g/mol. The highest BCUT2D eigenvalue weighted by molar-refractivity contribution is 5.92. The van der Waals surface area contributed by atoms with E-state index in [1.54, 1.807) is 0 Å². The summed E-state index contributed by atoms with van der Waals surface area (Å²) < 4.78 is 0. The molecule has 2 heterocycles. The Bertz CT molecular complexity index is 732. The van der Waals surface area contributed by atoms with E-state index in [-0.39, 0.29) is 5.91 Å². The molecule has 0 saturated carbocycles. The number of hydrogen-bond donors (Lipinski definition) is 0. The lowest BCUT2D eigenvalue weighted by Gasteiger charge is -2.36. The lowest BCUT2D eigenvalue weighted by molar-refractivity contribution is 0.0741. The van der Waals surface area contributed by atoms with Crippen molar-refractivity contribution < 1.29 is 4.79 Å². The molecule has 2 aromatic rings. The number of benzene rings is 1. The van der Waals surface area contributed by atoms with Crippen LogP contribution in [0.1, 0.15) is 29.9 Å². The van der Waals surface area contributed by atoms with Gasteiger partial charge >= 0.3 is 0 Å². The van der Waals surface area contributed by atoms with E-state index in [4.69, 9.17) is 0 Å². The van der Waals surface area contributed by atoms with Gasteiger partial charge in [-0.1, -0.05) is 12.1 Å². The summed E-state index contributed by atoms with van der Waals surface area (Å²) in [6, 6.07) is 12.4. The number of hydrogen-bond acceptors (Lipinski definition) is 4. The van der Waals surface area contributed by atoms with Crippen LogP contribution in [0.4, 0.5) is 11.4 Å². The van der Waals surface area contributed by atoms with Crippen LogP contribution in [0.15, 0.2) is 42.6 Å². The average molecular weight is 352 g/mol. The number of carbonyl (C=O) groups is 1. The Kier molecular flexibility index (Phi) is 5.76. The number of carbonyl (C=O) groups excluding carboxylic acids is 1. The quantitative estimate of drug-likeness (QED) is 0.828. The zero-order valence-corrected chi connectivity index (χ0v) is 16.0. The van der Waals surface area contributed by atoms with Gasteiger partial charge in [-0.25, -0.2) is 4.98 Å². The van der Waals surface area contributed by atoms with Crippen LogP contribution in [0.25, 0.3) is 0 Å². The van der Waals surface area contributed by atoms with Gasteiger partial charge in [0.05, 0.1) is 11.9 Å². The number of aromatic nitrogens is 1. The molecule has 0 aliphatic carbocycles. The Hall–Kier alpha value is -2.56. The van der Waals surface area contributed by atoms with Crippen molar-refractivity contribution in [2.24, 2.45) is 0 Å². The van der Waals surface area contributed by atoms with Crippen molar-refractivity contribution >= 4 is 17.3 Å². The third kappa shape index (κ3) is 3.98. The zero-order valence-electron chi connectivity index (χ0n) is 16.0. The van der Waals surface area contributed by atoms with E-state index in [1.165, 1.54) is 11.3 Å². The molecule has 1 aromatic carbocycles. The highest BCUT2D eigenvalue weighted by Crippen LogP contribution is 2.19.